The Balaban J connectivity index is 1.73. The van der Waals surface area contributed by atoms with Crippen LogP contribution in [0.4, 0.5) is 5.95 Å². The molecule has 0 aliphatic heterocycles. The maximum absolute atomic E-state index is 5.81. The van der Waals surface area contributed by atoms with E-state index in [-0.39, 0.29) is 0 Å². The van der Waals surface area contributed by atoms with Crippen molar-refractivity contribution in [2.24, 2.45) is 0 Å². The summed E-state index contributed by atoms with van der Waals surface area (Å²) in [6.45, 7) is 0. The van der Waals surface area contributed by atoms with E-state index in [1.165, 1.54) is 12.8 Å². The molecule has 19 heavy (non-hydrogen) atoms. The number of rotatable bonds is 3. The molecule has 0 amide bonds. The third kappa shape index (κ3) is 2.05. The van der Waals surface area contributed by atoms with Crippen LogP contribution in [-0.2, 0) is 0 Å². The van der Waals surface area contributed by atoms with E-state index in [1.54, 1.807) is 6.20 Å². The Hall–Kier alpha value is -2.36. The van der Waals surface area contributed by atoms with Gasteiger partial charge in [-0.05, 0) is 31.0 Å². The fourth-order valence-electron chi connectivity index (χ4n) is 2.08. The van der Waals surface area contributed by atoms with Crippen LogP contribution in [0, 0.1) is 0 Å². The standard InChI is InChI=1S/C15H13N3O/c1-2-4-13-10(3-1)9-14(19-13)12-7-8-16-15(18-12)17-11-5-6-11/h1-4,7-9,11H,5-6H2,(H,16,17,18). The number of hydrogen-bond donors (Lipinski definition) is 1. The minimum Gasteiger partial charge on any atom is -0.454 e. The highest BCUT2D eigenvalue weighted by atomic mass is 16.3. The molecule has 1 saturated carbocycles. The third-order valence-electron chi connectivity index (χ3n) is 3.24. The molecule has 1 aliphatic rings. The van der Waals surface area contributed by atoms with Gasteiger partial charge in [-0.2, -0.15) is 0 Å². The molecule has 1 aromatic carbocycles. The molecule has 0 bridgehead atoms. The second-order valence-corrected chi connectivity index (χ2v) is 4.83. The van der Waals surface area contributed by atoms with Crippen molar-refractivity contribution in [2.75, 3.05) is 5.32 Å². The maximum atomic E-state index is 5.81. The predicted molar refractivity (Wildman–Crippen MR) is 73.9 cm³/mol. The summed E-state index contributed by atoms with van der Waals surface area (Å²) < 4.78 is 5.81. The summed E-state index contributed by atoms with van der Waals surface area (Å²) in [6.07, 6.45) is 4.18. The van der Waals surface area contributed by atoms with Gasteiger partial charge in [0.2, 0.25) is 5.95 Å². The van der Waals surface area contributed by atoms with E-state index in [9.17, 15) is 0 Å². The molecule has 0 unspecified atom stereocenters. The highest BCUT2D eigenvalue weighted by Gasteiger charge is 2.22. The summed E-state index contributed by atoms with van der Waals surface area (Å²) in [4.78, 5) is 8.74. The van der Waals surface area contributed by atoms with Crippen LogP contribution in [0.3, 0.4) is 0 Å². The molecule has 0 spiro atoms. The highest BCUT2D eigenvalue weighted by molar-refractivity contribution is 5.82. The second-order valence-electron chi connectivity index (χ2n) is 4.83. The van der Waals surface area contributed by atoms with Crippen LogP contribution in [0.25, 0.3) is 22.4 Å². The Morgan fingerprint density at radius 3 is 2.89 bits per heavy atom. The smallest absolute Gasteiger partial charge is 0.223 e. The molecule has 1 N–H and O–H groups in total. The van der Waals surface area contributed by atoms with Gasteiger partial charge in [0.15, 0.2) is 5.76 Å². The zero-order chi connectivity index (χ0) is 12.7. The number of nitrogens with zero attached hydrogens (tertiary/aromatic N) is 2. The normalized spacial score (nSPS) is 14.7. The van der Waals surface area contributed by atoms with Crippen LogP contribution in [0.5, 0.6) is 0 Å². The molecular weight excluding hydrogens is 238 g/mol. The number of hydrogen-bond acceptors (Lipinski definition) is 4. The molecule has 3 aromatic rings. The van der Waals surface area contributed by atoms with Gasteiger partial charge in [-0.15, -0.1) is 0 Å². The zero-order valence-corrected chi connectivity index (χ0v) is 10.3. The van der Waals surface area contributed by atoms with Gasteiger partial charge in [-0.1, -0.05) is 18.2 Å². The fourth-order valence-corrected chi connectivity index (χ4v) is 2.08. The van der Waals surface area contributed by atoms with Gasteiger partial charge in [-0.25, -0.2) is 9.97 Å². The maximum Gasteiger partial charge on any atom is 0.223 e. The van der Waals surface area contributed by atoms with Crippen molar-refractivity contribution in [3.05, 3.63) is 42.6 Å². The average Bonchev–Trinajstić information content (AvgIpc) is 3.14. The number of para-hydroxylation sites is 1. The van der Waals surface area contributed by atoms with E-state index in [2.05, 4.69) is 15.3 Å². The molecule has 1 aliphatic carbocycles. The van der Waals surface area contributed by atoms with Crippen molar-refractivity contribution in [3.63, 3.8) is 0 Å². The molecule has 4 heteroatoms. The van der Waals surface area contributed by atoms with Crippen LogP contribution >= 0.6 is 0 Å². The van der Waals surface area contributed by atoms with E-state index < -0.39 is 0 Å². The molecule has 0 saturated heterocycles. The molecule has 4 rings (SSSR count). The van der Waals surface area contributed by atoms with Gasteiger partial charge in [0.05, 0.1) is 0 Å². The Kier molecular flexibility index (Phi) is 2.27. The SMILES string of the molecule is c1ccc2oc(-c3ccnc(NC4CC4)n3)cc2c1. The first-order valence-electron chi connectivity index (χ1n) is 6.47. The first kappa shape index (κ1) is 10.6. The second kappa shape index (κ2) is 4.09. The Morgan fingerprint density at radius 1 is 1.16 bits per heavy atom. The number of aromatic nitrogens is 2. The Bertz CT molecular complexity index is 698. The van der Waals surface area contributed by atoms with Crippen molar-refractivity contribution in [2.45, 2.75) is 18.9 Å². The van der Waals surface area contributed by atoms with Crippen molar-refractivity contribution < 1.29 is 4.42 Å². The quantitative estimate of drug-likeness (QED) is 0.774. The van der Waals surface area contributed by atoms with Crippen LogP contribution in [0.1, 0.15) is 12.8 Å². The largest absolute Gasteiger partial charge is 0.454 e. The molecule has 0 radical (unpaired) electrons. The Labute approximate surface area is 110 Å². The molecular formula is C15H13N3O. The van der Waals surface area contributed by atoms with Crippen LogP contribution in [-0.4, -0.2) is 16.0 Å². The van der Waals surface area contributed by atoms with Gasteiger partial charge < -0.3 is 9.73 Å². The van der Waals surface area contributed by atoms with E-state index in [0.717, 1.165) is 22.4 Å². The highest BCUT2D eigenvalue weighted by Crippen LogP contribution is 2.28. The first-order valence-corrected chi connectivity index (χ1v) is 6.47. The number of nitrogens with one attached hydrogen (secondary N) is 1. The van der Waals surface area contributed by atoms with Gasteiger partial charge in [0.1, 0.15) is 11.3 Å². The lowest BCUT2D eigenvalue weighted by atomic mass is 10.2. The third-order valence-corrected chi connectivity index (χ3v) is 3.24. The Morgan fingerprint density at radius 2 is 2.05 bits per heavy atom. The van der Waals surface area contributed by atoms with Crippen LogP contribution < -0.4 is 5.32 Å². The summed E-state index contributed by atoms with van der Waals surface area (Å²) in [5.74, 6) is 1.46. The number of benzene rings is 1. The van der Waals surface area contributed by atoms with Crippen LogP contribution in [0.2, 0.25) is 0 Å². The molecule has 2 aromatic heterocycles. The number of anilines is 1. The molecule has 2 heterocycles. The zero-order valence-electron chi connectivity index (χ0n) is 10.3. The van der Waals surface area contributed by atoms with Gasteiger partial charge >= 0.3 is 0 Å². The van der Waals surface area contributed by atoms with Crippen molar-refractivity contribution in [3.8, 4) is 11.5 Å². The lowest BCUT2D eigenvalue weighted by Gasteiger charge is -2.02. The average molecular weight is 251 g/mol. The summed E-state index contributed by atoms with van der Waals surface area (Å²) in [5.41, 5.74) is 1.70. The van der Waals surface area contributed by atoms with E-state index >= 15 is 0 Å². The van der Waals surface area contributed by atoms with Crippen molar-refractivity contribution in [1.82, 2.24) is 9.97 Å². The van der Waals surface area contributed by atoms with Crippen molar-refractivity contribution in [1.29, 1.82) is 0 Å². The monoisotopic (exact) mass is 251 g/mol. The lowest BCUT2D eigenvalue weighted by molar-refractivity contribution is 0.628. The topological polar surface area (TPSA) is 51.0 Å². The van der Waals surface area contributed by atoms with Crippen molar-refractivity contribution >= 4 is 16.9 Å². The summed E-state index contributed by atoms with van der Waals surface area (Å²) in [7, 11) is 0. The first-order chi connectivity index (χ1) is 9.38. The molecule has 1 fully saturated rings. The minimum atomic E-state index is 0.547. The lowest BCUT2D eigenvalue weighted by Crippen LogP contribution is -2.05. The number of fused-ring (bicyclic) bond motifs is 1. The van der Waals surface area contributed by atoms with Gasteiger partial charge in [-0.3, -0.25) is 0 Å². The summed E-state index contributed by atoms with van der Waals surface area (Å²) >= 11 is 0. The van der Waals surface area contributed by atoms with Crippen LogP contribution in [0.15, 0.2) is 47.0 Å². The molecule has 4 nitrogen and oxygen atoms in total. The van der Waals surface area contributed by atoms with E-state index in [0.29, 0.717) is 12.0 Å². The summed E-state index contributed by atoms with van der Waals surface area (Å²) in [6, 6.07) is 12.4. The molecule has 0 atom stereocenters. The van der Waals surface area contributed by atoms with Gasteiger partial charge in [0, 0.05) is 17.6 Å². The predicted octanol–water partition coefficient (Wildman–Crippen LogP) is 3.46. The fraction of sp³-hybridized carbons (Fsp3) is 0.200. The molecule has 94 valence electrons. The van der Waals surface area contributed by atoms with E-state index in [1.807, 2.05) is 36.4 Å². The number of furan rings is 1. The summed E-state index contributed by atoms with van der Waals surface area (Å²) in [5, 5.41) is 4.39. The van der Waals surface area contributed by atoms with Gasteiger partial charge in [0.25, 0.3) is 0 Å². The van der Waals surface area contributed by atoms with E-state index in [4.69, 9.17) is 4.42 Å². The minimum absolute atomic E-state index is 0.547.